The van der Waals surface area contributed by atoms with Gasteiger partial charge in [-0.25, -0.2) is 0 Å². The molecular weight excluding hydrogens is 250 g/mol. The van der Waals surface area contributed by atoms with Crippen LogP contribution in [0, 0.1) is 5.92 Å². The van der Waals surface area contributed by atoms with Gasteiger partial charge in [0, 0.05) is 6.04 Å². The van der Waals surface area contributed by atoms with Crippen LogP contribution in [0.25, 0.3) is 0 Å². The van der Waals surface area contributed by atoms with Gasteiger partial charge in [0.1, 0.15) is 0 Å². The molecule has 0 bridgehead atoms. The number of rotatable bonds is 12. The molecule has 1 aliphatic rings. The maximum absolute atomic E-state index is 6.27. The van der Waals surface area contributed by atoms with Gasteiger partial charge in [-0.1, -0.05) is 71.1 Å². The normalized spacial score (nSPS) is 20.8. The third kappa shape index (κ3) is 8.96. The molecule has 2 heteroatoms. The van der Waals surface area contributed by atoms with Crippen molar-refractivity contribution in [1.82, 2.24) is 0 Å². The van der Waals surface area contributed by atoms with Crippen LogP contribution in [0.4, 0.5) is 0 Å². The standard InChI is InChI=1S/C17H35NS/c1-2-3-4-5-6-7-8-9-10-11-12-17(18)16-13-14-19-15-16/h16-17H,2-15,18H2,1H3. The second-order valence-corrected chi connectivity index (χ2v) is 7.41. The highest BCUT2D eigenvalue weighted by Crippen LogP contribution is 2.27. The molecule has 0 saturated carbocycles. The summed E-state index contributed by atoms with van der Waals surface area (Å²) in [5.41, 5.74) is 6.27. The van der Waals surface area contributed by atoms with Crippen molar-refractivity contribution in [2.45, 2.75) is 90.0 Å². The zero-order valence-electron chi connectivity index (χ0n) is 13.0. The Kier molecular flexibility index (Phi) is 11.0. The summed E-state index contributed by atoms with van der Waals surface area (Å²) in [4.78, 5) is 0. The van der Waals surface area contributed by atoms with E-state index in [0.717, 1.165) is 5.92 Å². The maximum Gasteiger partial charge on any atom is 0.00753 e. The fraction of sp³-hybridized carbons (Fsp3) is 1.00. The molecular formula is C17H35NS. The third-order valence-corrected chi connectivity index (χ3v) is 5.65. The van der Waals surface area contributed by atoms with Crippen molar-refractivity contribution in [3.63, 3.8) is 0 Å². The van der Waals surface area contributed by atoms with Crippen molar-refractivity contribution in [3.8, 4) is 0 Å². The zero-order chi connectivity index (χ0) is 13.8. The van der Waals surface area contributed by atoms with Crippen LogP contribution in [0.5, 0.6) is 0 Å². The van der Waals surface area contributed by atoms with Gasteiger partial charge in [-0.15, -0.1) is 0 Å². The number of hydrogen-bond acceptors (Lipinski definition) is 2. The molecule has 1 heterocycles. The van der Waals surface area contributed by atoms with E-state index in [4.69, 9.17) is 5.73 Å². The summed E-state index contributed by atoms with van der Waals surface area (Å²) in [6.45, 7) is 2.29. The highest BCUT2D eigenvalue weighted by molar-refractivity contribution is 7.99. The van der Waals surface area contributed by atoms with Gasteiger partial charge in [0.2, 0.25) is 0 Å². The lowest BCUT2D eigenvalue weighted by Gasteiger charge is -2.17. The molecule has 1 fully saturated rings. The summed E-state index contributed by atoms with van der Waals surface area (Å²) in [6.07, 6.45) is 16.9. The lowest BCUT2D eigenvalue weighted by molar-refractivity contribution is 0.419. The van der Waals surface area contributed by atoms with E-state index in [1.54, 1.807) is 0 Å². The Balaban J connectivity index is 1.78. The van der Waals surface area contributed by atoms with Gasteiger partial charge in [-0.05, 0) is 30.3 Å². The van der Waals surface area contributed by atoms with E-state index in [1.807, 2.05) is 0 Å². The van der Waals surface area contributed by atoms with Gasteiger partial charge in [-0.3, -0.25) is 0 Å². The first-order valence-corrected chi connectivity index (χ1v) is 9.83. The van der Waals surface area contributed by atoms with Gasteiger partial charge in [0.15, 0.2) is 0 Å². The Morgan fingerprint density at radius 2 is 1.53 bits per heavy atom. The van der Waals surface area contributed by atoms with E-state index in [9.17, 15) is 0 Å². The van der Waals surface area contributed by atoms with Gasteiger partial charge >= 0.3 is 0 Å². The second kappa shape index (κ2) is 12.1. The van der Waals surface area contributed by atoms with Crippen LogP contribution in [0.3, 0.4) is 0 Å². The minimum Gasteiger partial charge on any atom is -0.327 e. The molecule has 1 nitrogen and oxygen atoms in total. The molecule has 0 radical (unpaired) electrons. The van der Waals surface area contributed by atoms with Crippen LogP contribution in [-0.2, 0) is 0 Å². The number of unbranched alkanes of at least 4 members (excludes halogenated alkanes) is 9. The summed E-state index contributed by atoms with van der Waals surface area (Å²) in [5.74, 6) is 3.48. The molecule has 1 aliphatic heterocycles. The largest absolute Gasteiger partial charge is 0.327 e. The Morgan fingerprint density at radius 3 is 2.05 bits per heavy atom. The fourth-order valence-electron chi connectivity index (χ4n) is 2.99. The molecule has 0 aromatic rings. The van der Waals surface area contributed by atoms with Gasteiger partial charge in [0.25, 0.3) is 0 Å². The molecule has 0 aromatic heterocycles. The molecule has 0 amide bonds. The van der Waals surface area contributed by atoms with E-state index in [0.29, 0.717) is 6.04 Å². The monoisotopic (exact) mass is 285 g/mol. The molecule has 1 rings (SSSR count). The Bertz CT molecular complexity index is 190. The summed E-state index contributed by atoms with van der Waals surface area (Å²) in [7, 11) is 0. The van der Waals surface area contributed by atoms with Crippen molar-refractivity contribution in [1.29, 1.82) is 0 Å². The first-order valence-electron chi connectivity index (χ1n) is 8.68. The lowest BCUT2D eigenvalue weighted by Crippen LogP contribution is -2.29. The fourth-order valence-corrected chi connectivity index (χ4v) is 4.35. The molecule has 2 unspecified atom stereocenters. The summed E-state index contributed by atoms with van der Waals surface area (Å²) >= 11 is 2.09. The predicted molar refractivity (Wildman–Crippen MR) is 89.9 cm³/mol. The number of hydrogen-bond donors (Lipinski definition) is 1. The van der Waals surface area contributed by atoms with E-state index in [1.165, 1.54) is 88.6 Å². The number of thioether (sulfide) groups is 1. The third-order valence-electron chi connectivity index (χ3n) is 4.46. The topological polar surface area (TPSA) is 26.0 Å². The van der Waals surface area contributed by atoms with Gasteiger partial charge < -0.3 is 5.73 Å². The molecule has 2 N–H and O–H groups in total. The minimum absolute atomic E-state index is 0.490. The minimum atomic E-state index is 0.490. The maximum atomic E-state index is 6.27. The van der Waals surface area contributed by atoms with Gasteiger partial charge in [0.05, 0.1) is 0 Å². The molecule has 0 spiro atoms. The quantitative estimate of drug-likeness (QED) is 0.487. The van der Waals surface area contributed by atoms with Crippen molar-refractivity contribution in [2.75, 3.05) is 11.5 Å². The number of nitrogens with two attached hydrogens (primary N) is 1. The molecule has 19 heavy (non-hydrogen) atoms. The van der Waals surface area contributed by atoms with E-state index < -0.39 is 0 Å². The second-order valence-electron chi connectivity index (χ2n) is 6.26. The molecule has 114 valence electrons. The van der Waals surface area contributed by atoms with Crippen LogP contribution in [0.1, 0.15) is 84.0 Å². The SMILES string of the molecule is CCCCCCCCCCCCC(N)C1CCSC1. The highest BCUT2D eigenvalue weighted by atomic mass is 32.2. The lowest BCUT2D eigenvalue weighted by atomic mass is 9.94. The van der Waals surface area contributed by atoms with Crippen LogP contribution in [0.2, 0.25) is 0 Å². The van der Waals surface area contributed by atoms with E-state index in [2.05, 4.69) is 18.7 Å². The molecule has 0 aromatic carbocycles. The smallest absolute Gasteiger partial charge is 0.00753 e. The highest BCUT2D eigenvalue weighted by Gasteiger charge is 2.21. The molecule has 0 aliphatic carbocycles. The molecule has 1 saturated heterocycles. The average molecular weight is 286 g/mol. The van der Waals surface area contributed by atoms with Crippen molar-refractivity contribution in [3.05, 3.63) is 0 Å². The Hall–Kier alpha value is 0.310. The van der Waals surface area contributed by atoms with Crippen molar-refractivity contribution < 1.29 is 0 Å². The Labute approximate surface area is 125 Å². The van der Waals surface area contributed by atoms with E-state index >= 15 is 0 Å². The summed E-state index contributed by atoms with van der Waals surface area (Å²) < 4.78 is 0. The molecule has 2 atom stereocenters. The van der Waals surface area contributed by atoms with Crippen LogP contribution >= 0.6 is 11.8 Å². The average Bonchev–Trinajstić information content (AvgIpc) is 2.95. The van der Waals surface area contributed by atoms with Gasteiger partial charge in [-0.2, -0.15) is 11.8 Å². The van der Waals surface area contributed by atoms with Crippen LogP contribution in [-0.4, -0.2) is 17.5 Å². The van der Waals surface area contributed by atoms with Crippen molar-refractivity contribution in [2.24, 2.45) is 11.7 Å². The predicted octanol–water partition coefficient (Wildman–Crippen LogP) is 5.38. The first-order chi connectivity index (χ1) is 9.34. The van der Waals surface area contributed by atoms with Crippen molar-refractivity contribution >= 4 is 11.8 Å². The van der Waals surface area contributed by atoms with E-state index in [-0.39, 0.29) is 0 Å². The van der Waals surface area contributed by atoms with Crippen LogP contribution in [0.15, 0.2) is 0 Å². The first kappa shape index (κ1) is 17.4. The summed E-state index contributed by atoms with van der Waals surface area (Å²) in [6, 6.07) is 0.490. The Morgan fingerprint density at radius 1 is 0.947 bits per heavy atom. The van der Waals surface area contributed by atoms with Crippen LogP contribution < -0.4 is 5.73 Å². The zero-order valence-corrected chi connectivity index (χ0v) is 13.9. The summed E-state index contributed by atoms with van der Waals surface area (Å²) in [5, 5.41) is 0.